The summed E-state index contributed by atoms with van der Waals surface area (Å²) in [5.74, 6) is 0.773. The van der Waals surface area contributed by atoms with E-state index in [2.05, 4.69) is 26.5 Å². The molecular formula is C23H18BrCl3N2O3. The highest BCUT2D eigenvalue weighted by Crippen LogP contribution is 2.37. The summed E-state index contributed by atoms with van der Waals surface area (Å²) >= 11 is 21.5. The Morgan fingerprint density at radius 2 is 1.78 bits per heavy atom. The second kappa shape index (κ2) is 11.6. The van der Waals surface area contributed by atoms with Crippen LogP contribution in [0.5, 0.6) is 11.5 Å². The van der Waals surface area contributed by atoms with E-state index in [1.807, 2.05) is 0 Å². The summed E-state index contributed by atoms with van der Waals surface area (Å²) in [6.07, 6.45) is 1.72. The zero-order valence-corrected chi connectivity index (χ0v) is 20.7. The van der Waals surface area contributed by atoms with Crippen molar-refractivity contribution in [3.05, 3.63) is 90.8 Å². The number of nitrogens with zero attached hydrogens (tertiary/aromatic N) is 1. The van der Waals surface area contributed by atoms with Crippen LogP contribution in [0.1, 0.15) is 16.7 Å². The summed E-state index contributed by atoms with van der Waals surface area (Å²) in [6, 6.07) is 15.8. The zero-order valence-electron chi connectivity index (χ0n) is 16.9. The van der Waals surface area contributed by atoms with Crippen molar-refractivity contribution < 1.29 is 14.3 Å². The molecular weight excluding hydrogens is 539 g/mol. The van der Waals surface area contributed by atoms with E-state index in [4.69, 9.17) is 44.3 Å². The van der Waals surface area contributed by atoms with Gasteiger partial charge in [-0.05, 0) is 63.5 Å². The third kappa shape index (κ3) is 6.87. The summed E-state index contributed by atoms with van der Waals surface area (Å²) in [4.78, 5) is 12.1. The Morgan fingerprint density at radius 3 is 2.47 bits per heavy atom. The molecule has 0 atom stereocenters. The summed E-state index contributed by atoms with van der Waals surface area (Å²) in [5, 5.41) is 5.71. The van der Waals surface area contributed by atoms with Gasteiger partial charge in [0.15, 0.2) is 11.5 Å². The largest absolute Gasteiger partial charge is 0.493 e. The van der Waals surface area contributed by atoms with Crippen LogP contribution in [-0.2, 0) is 17.8 Å². The molecule has 3 aromatic rings. The van der Waals surface area contributed by atoms with Crippen molar-refractivity contribution in [2.45, 2.75) is 13.0 Å². The molecule has 0 bridgehead atoms. The molecule has 32 heavy (non-hydrogen) atoms. The lowest BCUT2D eigenvalue weighted by molar-refractivity contribution is -0.120. The average molecular weight is 557 g/mol. The van der Waals surface area contributed by atoms with Gasteiger partial charge in [0.1, 0.15) is 6.61 Å². The predicted molar refractivity (Wildman–Crippen MR) is 132 cm³/mol. The number of hydrogen-bond acceptors (Lipinski definition) is 4. The molecule has 0 aliphatic rings. The van der Waals surface area contributed by atoms with Crippen molar-refractivity contribution in [2.24, 2.45) is 5.10 Å². The molecule has 0 fully saturated rings. The zero-order chi connectivity index (χ0) is 23.1. The average Bonchev–Trinajstić information content (AvgIpc) is 2.75. The molecule has 0 heterocycles. The minimum Gasteiger partial charge on any atom is -0.493 e. The van der Waals surface area contributed by atoms with Crippen molar-refractivity contribution in [3.63, 3.8) is 0 Å². The van der Waals surface area contributed by atoms with Gasteiger partial charge in [0.05, 0.1) is 24.2 Å². The number of methoxy groups -OCH3 is 1. The van der Waals surface area contributed by atoms with Gasteiger partial charge in [-0.2, -0.15) is 5.10 Å². The van der Waals surface area contributed by atoms with Crippen LogP contribution in [0.15, 0.2) is 64.2 Å². The van der Waals surface area contributed by atoms with E-state index in [-0.39, 0.29) is 18.9 Å². The Bertz CT molecular complexity index is 1140. The van der Waals surface area contributed by atoms with Crippen LogP contribution in [0.2, 0.25) is 15.1 Å². The summed E-state index contributed by atoms with van der Waals surface area (Å²) in [6.45, 7) is 0.235. The molecule has 9 heteroatoms. The van der Waals surface area contributed by atoms with Crippen LogP contribution in [-0.4, -0.2) is 19.2 Å². The first kappa shape index (κ1) is 24.4. The normalized spacial score (nSPS) is 10.9. The van der Waals surface area contributed by atoms with Crippen molar-refractivity contribution in [3.8, 4) is 11.5 Å². The lowest BCUT2D eigenvalue weighted by atomic mass is 10.1. The summed E-state index contributed by atoms with van der Waals surface area (Å²) in [7, 11) is 1.54. The minimum atomic E-state index is -0.241. The Kier molecular flexibility index (Phi) is 8.82. The number of carbonyl (C=O) groups is 1. The van der Waals surface area contributed by atoms with Crippen LogP contribution in [0.25, 0.3) is 0 Å². The van der Waals surface area contributed by atoms with Crippen molar-refractivity contribution in [2.75, 3.05) is 7.11 Å². The first-order chi connectivity index (χ1) is 15.4. The topological polar surface area (TPSA) is 59.9 Å². The van der Waals surface area contributed by atoms with Crippen LogP contribution in [0.3, 0.4) is 0 Å². The second-order valence-electron chi connectivity index (χ2n) is 6.65. The molecule has 0 unspecified atom stereocenters. The molecule has 5 nitrogen and oxygen atoms in total. The Balaban J connectivity index is 1.64. The van der Waals surface area contributed by atoms with Crippen molar-refractivity contribution in [1.29, 1.82) is 0 Å². The molecule has 1 amide bonds. The van der Waals surface area contributed by atoms with Gasteiger partial charge in [-0.1, -0.05) is 53.0 Å². The third-order valence-electron chi connectivity index (χ3n) is 4.32. The van der Waals surface area contributed by atoms with Gasteiger partial charge in [-0.15, -0.1) is 0 Å². The SMILES string of the molecule is COc1cc(/C=N\NC(=O)Cc2ccc(Cl)cc2)cc(Br)c1OCc1ccc(Cl)cc1Cl. The van der Waals surface area contributed by atoms with Crippen LogP contribution in [0, 0.1) is 0 Å². The van der Waals surface area contributed by atoms with Gasteiger partial charge in [-0.3, -0.25) is 4.79 Å². The summed E-state index contributed by atoms with van der Waals surface area (Å²) in [5.41, 5.74) is 4.85. The summed E-state index contributed by atoms with van der Waals surface area (Å²) < 4.78 is 12.0. The number of benzene rings is 3. The maximum absolute atomic E-state index is 12.1. The highest BCUT2D eigenvalue weighted by Gasteiger charge is 2.13. The fourth-order valence-corrected chi connectivity index (χ4v) is 3.91. The molecule has 0 spiro atoms. The van der Waals surface area contributed by atoms with Gasteiger partial charge in [0.25, 0.3) is 0 Å². The van der Waals surface area contributed by atoms with Gasteiger partial charge < -0.3 is 9.47 Å². The molecule has 166 valence electrons. The van der Waals surface area contributed by atoms with Crippen LogP contribution < -0.4 is 14.9 Å². The van der Waals surface area contributed by atoms with E-state index in [1.165, 1.54) is 6.21 Å². The fraction of sp³-hybridized carbons (Fsp3) is 0.130. The fourth-order valence-electron chi connectivity index (χ4n) is 2.75. The van der Waals surface area contributed by atoms with E-state index in [9.17, 15) is 4.79 Å². The van der Waals surface area contributed by atoms with E-state index >= 15 is 0 Å². The van der Waals surface area contributed by atoms with Gasteiger partial charge >= 0.3 is 0 Å². The molecule has 0 aliphatic carbocycles. The molecule has 0 aliphatic heterocycles. The molecule has 3 rings (SSSR count). The smallest absolute Gasteiger partial charge is 0.244 e. The molecule has 3 aromatic carbocycles. The van der Waals surface area contributed by atoms with Gasteiger partial charge in [0.2, 0.25) is 5.91 Å². The number of hydrazone groups is 1. The van der Waals surface area contributed by atoms with E-state index in [0.717, 1.165) is 11.1 Å². The molecule has 0 aromatic heterocycles. The Hall–Kier alpha value is -2.25. The van der Waals surface area contributed by atoms with Gasteiger partial charge in [-0.25, -0.2) is 5.43 Å². The highest BCUT2D eigenvalue weighted by molar-refractivity contribution is 9.10. The van der Waals surface area contributed by atoms with E-state index in [1.54, 1.807) is 61.7 Å². The second-order valence-corrected chi connectivity index (χ2v) is 8.79. The lowest BCUT2D eigenvalue weighted by Gasteiger charge is -2.14. The number of carbonyl (C=O) groups excluding carboxylic acids is 1. The van der Waals surface area contributed by atoms with E-state index < -0.39 is 0 Å². The molecule has 0 saturated carbocycles. The highest BCUT2D eigenvalue weighted by atomic mass is 79.9. The van der Waals surface area contributed by atoms with Crippen molar-refractivity contribution >= 4 is 62.9 Å². The Labute approximate surface area is 209 Å². The number of hydrogen-bond donors (Lipinski definition) is 1. The number of amides is 1. The minimum absolute atomic E-state index is 0.196. The van der Waals surface area contributed by atoms with Crippen molar-refractivity contribution in [1.82, 2.24) is 5.43 Å². The maximum Gasteiger partial charge on any atom is 0.244 e. The van der Waals surface area contributed by atoms with Crippen LogP contribution in [0.4, 0.5) is 0 Å². The molecule has 0 radical (unpaired) electrons. The van der Waals surface area contributed by atoms with Crippen LogP contribution >= 0.6 is 50.7 Å². The number of nitrogens with one attached hydrogen (secondary N) is 1. The molecule has 1 N–H and O–H groups in total. The standard InChI is InChI=1S/C23H18BrCl3N2O3/c1-31-21-9-15(12-28-29-22(30)10-14-2-5-17(25)6-3-14)8-19(24)23(21)32-13-16-4-7-18(26)11-20(16)27/h2-9,11-12H,10,13H2,1H3,(H,29,30)/b28-12-. The lowest BCUT2D eigenvalue weighted by Crippen LogP contribution is -2.19. The first-order valence-corrected chi connectivity index (χ1v) is 11.3. The predicted octanol–water partition coefficient (Wildman–Crippen LogP) is 6.69. The molecule has 0 saturated heterocycles. The number of halogens is 4. The number of ether oxygens (including phenoxy) is 2. The Morgan fingerprint density at radius 1 is 1.06 bits per heavy atom. The van der Waals surface area contributed by atoms with Gasteiger partial charge in [0, 0.05) is 20.6 Å². The number of rotatable bonds is 8. The first-order valence-electron chi connectivity index (χ1n) is 9.36. The van der Waals surface area contributed by atoms with E-state index in [0.29, 0.717) is 36.6 Å². The third-order valence-corrected chi connectivity index (χ3v) is 5.75. The quantitative estimate of drug-likeness (QED) is 0.248. The monoisotopic (exact) mass is 554 g/mol. The maximum atomic E-state index is 12.1.